The number of hydrogen-bond acceptors (Lipinski definition) is 5. The van der Waals surface area contributed by atoms with Crippen LogP contribution in [0.2, 0.25) is 0 Å². The molecule has 0 atom stereocenters. The van der Waals surface area contributed by atoms with E-state index in [2.05, 4.69) is 15.3 Å². The zero-order valence-corrected chi connectivity index (χ0v) is 15.1. The van der Waals surface area contributed by atoms with Gasteiger partial charge < -0.3 is 15.5 Å². The van der Waals surface area contributed by atoms with Gasteiger partial charge in [0.15, 0.2) is 11.4 Å². The van der Waals surface area contributed by atoms with Crippen molar-refractivity contribution in [3.63, 3.8) is 0 Å². The van der Waals surface area contributed by atoms with Gasteiger partial charge in [0.05, 0.1) is 5.69 Å². The maximum absolute atomic E-state index is 13.3. The molecule has 3 aromatic rings. The van der Waals surface area contributed by atoms with Crippen LogP contribution in [0.15, 0.2) is 36.4 Å². The van der Waals surface area contributed by atoms with Gasteiger partial charge in [0.1, 0.15) is 18.2 Å². The van der Waals surface area contributed by atoms with Crippen LogP contribution in [0.4, 0.5) is 4.39 Å². The Bertz CT molecular complexity index is 1070. The maximum atomic E-state index is 13.3. The molecule has 0 spiro atoms. The van der Waals surface area contributed by atoms with Gasteiger partial charge in [-0.05, 0) is 28.5 Å². The first kappa shape index (κ1) is 19.2. The zero-order valence-electron chi connectivity index (χ0n) is 15.1. The molecule has 1 aromatic heterocycles. The average Bonchev–Trinajstić information content (AvgIpc) is 2.67. The molecule has 8 heteroatoms. The third kappa shape index (κ3) is 4.22. The first-order valence-corrected chi connectivity index (χ1v) is 8.64. The van der Waals surface area contributed by atoms with Crippen molar-refractivity contribution < 1.29 is 24.2 Å². The van der Waals surface area contributed by atoms with E-state index >= 15 is 0 Å². The summed E-state index contributed by atoms with van der Waals surface area (Å²) in [4.78, 5) is 31.2. The smallest absolute Gasteiger partial charge is 0.322 e. The van der Waals surface area contributed by atoms with E-state index in [1.165, 1.54) is 12.1 Å². The first-order valence-electron chi connectivity index (χ1n) is 8.64. The minimum absolute atomic E-state index is 0.230. The van der Waals surface area contributed by atoms with Crippen molar-refractivity contribution in [3.05, 3.63) is 65.0 Å². The topological polar surface area (TPSA) is 112 Å². The van der Waals surface area contributed by atoms with Crippen LogP contribution in [0.1, 0.15) is 34.5 Å². The number of hydrogen-bond donors (Lipinski definition) is 3. The molecule has 0 bridgehead atoms. The summed E-state index contributed by atoms with van der Waals surface area (Å²) in [6.07, 6.45) is 0.664. The predicted molar refractivity (Wildman–Crippen MR) is 99.8 cm³/mol. The molecule has 3 N–H and O–H groups in total. The summed E-state index contributed by atoms with van der Waals surface area (Å²) in [7, 11) is 0. The normalized spacial score (nSPS) is 10.8. The second kappa shape index (κ2) is 7.99. The molecular weight excluding hydrogens is 365 g/mol. The van der Waals surface area contributed by atoms with Crippen molar-refractivity contribution in [2.24, 2.45) is 0 Å². The molecule has 0 fully saturated rings. The van der Waals surface area contributed by atoms with E-state index < -0.39 is 18.4 Å². The number of benzene rings is 2. The summed E-state index contributed by atoms with van der Waals surface area (Å²) in [5.74, 6) is -2.34. The lowest BCUT2D eigenvalue weighted by atomic mass is 10.0. The van der Waals surface area contributed by atoms with E-state index in [0.717, 1.165) is 16.3 Å². The lowest BCUT2D eigenvalue weighted by molar-refractivity contribution is -0.135. The number of halogens is 1. The van der Waals surface area contributed by atoms with E-state index in [0.29, 0.717) is 12.2 Å². The molecule has 0 aliphatic heterocycles. The number of carboxylic acids is 1. The van der Waals surface area contributed by atoms with Gasteiger partial charge in [0.2, 0.25) is 0 Å². The Morgan fingerprint density at radius 3 is 2.54 bits per heavy atom. The fourth-order valence-electron chi connectivity index (χ4n) is 2.80. The number of aromatic nitrogens is 2. The Labute approximate surface area is 159 Å². The average molecular weight is 383 g/mol. The summed E-state index contributed by atoms with van der Waals surface area (Å²) in [6.45, 7) is 1.22. The van der Waals surface area contributed by atoms with Crippen LogP contribution in [0.5, 0.6) is 5.75 Å². The molecule has 28 heavy (non-hydrogen) atoms. The summed E-state index contributed by atoms with van der Waals surface area (Å²) in [5.41, 5.74) is 0.812. The highest BCUT2D eigenvalue weighted by atomic mass is 19.1. The van der Waals surface area contributed by atoms with E-state index in [9.17, 15) is 19.1 Å². The van der Waals surface area contributed by atoms with Crippen molar-refractivity contribution >= 4 is 22.6 Å². The zero-order chi connectivity index (χ0) is 20.3. The van der Waals surface area contributed by atoms with Crippen molar-refractivity contribution in [1.29, 1.82) is 0 Å². The second-order valence-corrected chi connectivity index (χ2v) is 6.22. The summed E-state index contributed by atoms with van der Waals surface area (Å²) in [6, 6.07) is 9.88. The number of amides is 1. The summed E-state index contributed by atoms with van der Waals surface area (Å²) < 4.78 is 13.3. The Morgan fingerprint density at radius 1 is 1.11 bits per heavy atom. The largest absolute Gasteiger partial charge is 0.504 e. The SMILES string of the molecule is CCc1nc(Cc2ccc3cc(F)ccc3c2)c(O)c(C(=O)NCC(=O)O)n1. The van der Waals surface area contributed by atoms with Crippen molar-refractivity contribution in [1.82, 2.24) is 15.3 Å². The third-order valence-electron chi connectivity index (χ3n) is 4.17. The van der Waals surface area contributed by atoms with Crippen LogP contribution < -0.4 is 5.32 Å². The molecule has 7 nitrogen and oxygen atoms in total. The number of carbonyl (C=O) groups is 2. The predicted octanol–water partition coefficient (Wildman–Crippen LogP) is 2.44. The highest BCUT2D eigenvalue weighted by Crippen LogP contribution is 2.25. The standard InChI is InChI=1S/C20H18FN3O4/c1-2-16-23-15(19(27)18(24-16)20(28)22-10-17(25)26)8-11-3-4-13-9-14(21)6-5-12(13)7-11/h3-7,9,27H,2,8,10H2,1H3,(H,22,28)(H,25,26). The van der Waals surface area contributed by atoms with Crippen LogP contribution in [0.3, 0.4) is 0 Å². The number of carbonyl (C=O) groups excluding carboxylic acids is 1. The minimum Gasteiger partial charge on any atom is -0.504 e. The molecule has 144 valence electrons. The maximum Gasteiger partial charge on any atom is 0.322 e. The number of rotatable bonds is 6. The second-order valence-electron chi connectivity index (χ2n) is 6.22. The molecule has 0 aliphatic rings. The van der Waals surface area contributed by atoms with Crippen LogP contribution in [0, 0.1) is 5.82 Å². The van der Waals surface area contributed by atoms with Gasteiger partial charge in [-0.2, -0.15) is 0 Å². The van der Waals surface area contributed by atoms with Gasteiger partial charge >= 0.3 is 5.97 Å². The minimum atomic E-state index is -1.20. The molecule has 1 heterocycles. The Balaban J connectivity index is 1.94. The molecule has 0 radical (unpaired) electrons. The Kier molecular flexibility index (Phi) is 5.49. The fourth-order valence-corrected chi connectivity index (χ4v) is 2.80. The van der Waals surface area contributed by atoms with Crippen LogP contribution in [-0.4, -0.2) is 38.6 Å². The van der Waals surface area contributed by atoms with Crippen LogP contribution in [-0.2, 0) is 17.6 Å². The lowest BCUT2D eigenvalue weighted by Crippen LogP contribution is -2.30. The monoisotopic (exact) mass is 383 g/mol. The molecule has 1 amide bonds. The van der Waals surface area contributed by atoms with E-state index in [1.807, 2.05) is 6.07 Å². The molecule has 3 rings (SSSR count). The van der Waals surface area contributed by atoms with Crippen molar-refractivity contribution in [3.8, 4) is 5.75 Å². The molecule has 2 aromatic carbocycles. The lowest BCUT2D eigenvalue weighted by Gasteiger charge is -2.11. The van der Waals surface area contributed by atoms with Gasteiger partial charge in [-0.15, -0.1) is 0 Å². The number of nitrogens with zero attached hydrogens (tertiary/aromatic N) is 2. The number of carboxylic acid groups (broad SMARTS) is 1. The number of aromatic hydroxyl groups is 1. The van der Waals surface area contributed by atoms with Crippen molar-refractivity contribution in [2.75, 3.05) is 6.54 Å². The Morgan fingerprint density at radius 2 is 1.82 bits per heavy atom. The molecule has 0 aliphatic carbocycles. The van der Waals surface area contributed by atoms with Crippen molar-refractivity contribution in [2.45, 2.75) is 19.8 Å². The Hall–Kier alpha value is -3.55. The van der Waals surface area contributed by atoms with Gasteiger partial charge in [-0.3, -0.25) is 9.59 Å². The van der Waals surface area contributed by atoms with Gasteiger partial charge in [0.25, 0.3) is 5.91 Å². The van der Waals surface area contributed by atoms with Crippen LogP contribution >= 0.6 is 0 Å². The van der Waals surface area contributed by atoms with Gasteiger partial charge in [-0.25, -0.2) is 14.4 Å². The van der Waals surface area contributed by atoms with Gasteiger partial charge in [0, 0.05) is 12.8 Å². The van der Waals surface area contributed by atoms with E-state index in [1.54, 1.807) is 25.1 Å². The first-order chi connectivity index (χ1) is 13.4. The number of aliphatic carboxylic acids is 1. The number of aryl methyl sites for hydroxylation is 1. The quantitative estimate of drug-likeness (QED) is 0.603. The van der Waals surface area contributed by atoms with Crippen LogP contribution in [0.25, 0.3) is 10.8 Å². The molecule has 0 unspecified atom stereocenters. The number of nitrogens with one attached hydrogen (secondary N) is 1. The number of fused-ring (bicyclic) bond motifs is 1. The highest BCUT2D eigenvalue weighted by molar-refractivity contribution is 5.96. The fraction of sp³-hybridized carbons (Fsp3) is 0.200. The third-order valence-corrected chi connectivity index (χ3v) is 4.17. The molecular formula is C20H18FN3O4. The van der Waals surface area contributed by atoms with E-state index in [-0.39, 0.29) is 29.4 Å². The molecule has 0 saturated carbocycles. The summed E-state index contributed by atoms with van der Waals surface area (Å²) >= 11 is 0. The molecule has 0 saturated heterocycles. The van der Waals surface area contributed by atoms with E-state index in [4.69, 9.17) is 5.11 Å². The summed E-state index contributed by atoms with van der Waals surface area (Å²) in [5, 5.41) is 22.9. The highest BCUT2D eigenvalue weighted by Gasteiger charge is 2.20. The van der Waals surface area contributed by atoms with Gasteiger partial charge in [-0.1, -0.05) is 31.2 Å².